The van der Waals surface area contributed by atoms with Gasteiger partial charge in [0.1, 0.15) is 5.01 Å². The van der Waals surface area contributed by atoms with E-state index in [-0.39, 0.29) is 12.3 Å². The number of aryl methyl sites for hydroxylation is 1. The lowest BCUT2D eigenvalue weighted by molar-refractivity contribution is -0.115. The van der Waals surface area contributed by atoms with E-state index in [9.17, 15) is 4.79 Å². The molecule has 0 spiro atoms. The zero-order valence-electron chi connectivity index (χ0n) is 15.1. The number of unbranched alkanes of at least 4 members (excludes halogenated alkanes) is 2. The molecule has 3 rings (SSSR count). The van der Waals surface area contributed by atoms with Crippen molar-refractivity contribution in [3.63, 3.8) is 0 Å². The Bertz CT molecular complexity index is 893. The number of halogens is 1. The first-order valence-corrected chi connectivity index (χ1v) is 11.0. The lowest BCUT2D eigenvalue weighted by Crippen LogP contribution is -2.14. The normalized spacial score (nSPS) is 10.9. The van der Waals surface area contributed by atoms with Crippen LogP contribution in [0.25, 0.3) is 0 Å². The van der Waals surface area contributed by atoms with Crippen molar-refractivity contribution in [2.24, 2.45) is 0 Å². The molecule has 142 valence electrons. The molecule has 0 unspecified atom stereocenters. The highest BCUT2D eigenvalue weighted by Gasteiger charge is 2.11. The van der Waals surface area contributed by atoms with Gasteiger partial charge in [0.2, 0.25) is 11.0 Å². The maximum absolute atomic E-state index is 12.2. The Morgan fingerprint density at radius 2 is 2.11 bits per heavy atom. The van der Waals surface area contributed by atoms with Gasteiger partial charge >= 0.3 is 0 Å². The van der Waals surface area contributed by atoms with E-state index in [1.54, 1.807) is 11.3 Å². The van der Waals surface area contributed by atoms with Crippen LogP contribution in [0.5, 0.6) is 0 Å². The standard InChI is InChI=1S/C19H21ClN4OS2/c1-2-3-4-8-17-23-24-19(27-17)22-16(25)11-15-12-26-18(21-15)10-13-6-5-7-14(20)9-13/h5-7,9,12H,2-4,8,10-11H2,1H3,(H,22,24,25). The number of hydrogen-bond donors (Lipinski definition) is 1. The van der Waals surface area contributed by atoms with Crippen LogP contribution in [0, 0.1) is 0 Å². The lowest BCUT2D eigenvalue weighted by Gasteiger charge is -1.99. The molecule has 0 radical (unpaired) electrons. The SMILES string of the molecule is CCCCCc1nnc(NC(=O)Cc2csc(Cc3cccc(Cl)c3)n2)s1. The Kier molecular flexibility index (Phi) is 7.32. The van der Waals surface area contributed by atoms with E-state index < -0.39 is 0 Å². The Morgan fingerprint density at radius 3 is 2.93 bits per heavy atom. The molecule has 1 N–H and O–H groups in total. The molecular weight excluding hydrogens is 400 g/mol. The monoisotopic (exact) mass is 420 g/mol. The third-order valence-electron chi connectivity index (χ3n) is 3.89. The summed E-state index contributed by atoms with van der Waals surface area (Å²) >= 11 is 9.02. The van der Waals surface area contributed by atoms with E-state index in [1.807, 2.05) is 29.6 Å². The zero-order chi connectivity index (χ0) is 19.1. The van der Waals surface area contributed by atoms with Crippen molar-refractivity contribution in [1.29, 1.82) is 0 Å². The number of amides is 1. The number of aromatic nitrogens is 3. The van der Waals surface area contributed by atoms with Gasteiger partial charge in [0, 0.05) is 23.2 Å². The number of nitrogens with zero attached hydrogens (tertiary/aromatic N) is 3. The Hall–Kier alpha value is -1.83. The summed E-state index contributed by atoms with van der Waals surface area (Å²) in [6.07, 6.45) is 5.33. The van der Waals surface area contributed by atoms with Crippen LogP contribution in [0.4, 0.5) is 5.13 Å². The van der Waals surface area contributed by atoms with Crippen LogP contribution in [0.2, 0.25) is 5.02 Å². The molecule has 3 aromatic rings. The summed E-state index contributed by atoms with van der Waals surface area (Å²) in [7, 11) is 0. The van der Waals surface area contributed by atoms with Crippen molar-refractivity contribution in [2.45, 2.75) is 45.4 Å². The molecule has 0 saturated carbocycles. The van der Waals surface area contributed by atoms with Gasteiger partial charge in [0.15, 0.2) is 0 Å². The van der Waals surface area contributed by atoms with Crippen LogP contribution in [-0.2, 0) is 24.1 Å². The second-order valence-corrected chi connectivity index (χ2v) is 8.66. The van der Waals surface area contributed by atoms with Crippen molar-refractivity contribution in [2.75, 3.05) is 5.32 Å². The smallest absolute Gasteiger partial charge is 0.232 e. The van der Waals surface area contributed by atoms with Gasteiger partial charge in [-0.3, -0.25) is 4.79 Å². The summed E-state index contributed by atoms with van der Waals surface area (Å²) in [4.78, 5) is 16.8. The van der Waals surface area contributed by atoms with Gasteiger partial charge in [-0.25, -0.2) is 4.98 Å². The van der Waals surface area contributed by atoms with Crippen molar-refractivity contribution >= 4 is 45.3 Å². The van der Waals surface area contributed by atoms with Crippen LogP contribution in [0.3, 0.4) is 0 Å². The number of benzene rings is 1. The van der Waals surface area contributed by atoms with E-state index in [2.05, 4.69) is 27.4 Å². The quantitative estimate of drug-likeness (QED) is 0.486. The first-order chi connectivity index (χ1) is 13.1. The van der Waals surface area contributed by atoms with Crippen molar-refractivity contribution in [3.8, 4) is 0 Å². The zero-order valence-corrected chi connectivity index (χ0v) is 17.5. The summed E-state index contributed by atoms with van der Waals surface area (Å²) in [5, 5.41) is 16.1. The molecular formula is C19H21ClN4OS2. The summed E-state index contributed by atoms with van der Waals surface area (Å²) < 4.78 is 0. The second kappa shape index (κ2) is 9.92. The van der Waals surface area contributed by atoms with Gasteiger partial charge < -0.3 is 5.32 Å². The molecule has 1 aromatic carbocycles. The number of hydrogen-bond acceptors (Lipinski definition) is 6. The average Bonchev–Trinajstić information content (AvgIpc) is 3.25. The molecule has 0 aliphatic heterocycles. The number of carbonyl (C=O) groups is 1. The lowest BCUT2D eigenvalue weighted by atomic mass is 10.2. The second-order valence-electron chi connectivity index (χ2n) is 6.22. The fraction of sp³-hybridized carbons (Fsp3) is 0.368. The fourth-order valence-corrected chi connectivity index (χ4v) is 4.43. The summed E-state index contributed by atoms with van der Waals surface area (Å²) in [5.41, 5.74) is 1.87. The van der Waals surface area contributed by atoms with Gasteiger partial charge in [-0.1, -0.05) is 54.8 Å². The van der Waals surface area contributed by atoms with Crippen LogP contribution in [0.15, 0.2) is 29.6 Å². The number of nitrogens with one attached hydrogen (secondary N) is 1. The van der Waals surface area contributed by atoms with Crippen LogP contribution in [0.1, 0.15) is 47.5 Å². The Balaban J connectivity index is 1.50. The van der Waals surface area contributed by atoms with Crippen molar-refractivity contribution in [1.82, 2.24) is 15.2 Å². The summed E-state index contributed by atoms with van der Waals surface area (Å²) in [6, 6.07) is 7.74. The van der Waals surface area contributed by atoms with Crippen molar-refractivity contribution in [3.05, 3.63) is 55.9 Å². The van der Waals surface area contributed by atoms with E-state index >= 15 is 0 Å². The molecule has 2 heterocycles. The minimum Gasteiger partial charge on any atom is -0.300 e. The Morgan fingerprint density at radius 1 is 1.22 bits per heavy atom. The molecule has 0 aliphatic rings. The highest BCUT2D eigenvalue weighted by atomic mass is 35.5. The minimum atomic E-state index is -0.120. The molecule has 0 atom stereocenters. The van der Waals surface area contributed by atoms with E-state index in [0.29, 0.717) is 11.6 Å². The van der Waals surface area contributed by atoms with Gasteiger partial charge in [0.05, 0.1) is 17.1 Å². The third-order valence-corrected chi connectivity index (χ3v) is 5.92. The topological polar surface area (TPSA) is 67.8 Å². The molecule has 2 aromatic heterocycles. The highest BCUT2D eigenvalue weighted by Crippen LogP contribution is 2.20. The van der Waals surface area contributed by atoms with Crippen LogP contribution < -0.4 is 5.32 Å². The first kappa shape index (κ1) is 19.9. The largest absolute Gasteiger partial charge is 0.300 e. The molecule has 27 heavy (non-hydrogen) atoms. The van der Waals surface area contributed by atoms with E-state index in [0.717, 1.165) is 39.1 Å². The molecule has 1 amide bonds. The van der Waals surface area contributed by atoms with Crippen LogP contribution >= 0.6 is 34.3 Å². The van der Waals surface area contributed by atoms with Crippen molar-refractivity contribution < 1.29 is 4.79 Å². The van der Waals surface area contributed by atoms with E-state index in [1.165, 1.54) is 24.2 Å². The summed E-state index contributed by atoms with van der Waals surface area (Å²) in [5.74, 6) is -0.120. The molecule has 8 heteroatoms. The predicted molar refractivity (Wildman–Crippen MR) is 112 cm³/mol. The van der Waals surface area contributed by atoms with Crippen LogP contribution in [-0.4, -0.2) is 21.1 Å². The molecule has 0 fully saturated rings. The maximum atomic E-state index is 12.2. The molecule has 0 aliphatic carbocycles. The van der Waals surface area contributed by atoms with Gasteiger partial charge in [-0.2, -0.15) is 0 Å². The van der Waals surface area contributed by atoms with Gasteiger partial charge in [-0.05, 0) is 24.1 Å². The van der Waals surface area contributed by atoms with E-state index in [4.69, 9.17) is 11.6 Å². The first-order valence-electron chi connectivity index (χ1n) is 8.92. The predicted octanol–water partition coefficient (Wildman–Crippen LogP) is 5.15. The molecule has 0 saturated heterocycles. The maximum Gasteiger partial charge on any atom is 0.232 e. The third kappa shape index (κ3) is 6.37. The Labute approximate surface area is 171 Å². The molecule has 0 bridgehead atoms. The fourth-order valence-electron chi connectivity index (χ4n) is 2.59. The minimum absolute atomic E-state index is 0.120. The summed E-state index contributed by atoms with van der Waals surface area (Å²) in [6.45, 7) is 2.17. The highest BCUT2D eigenvalue weighted by molar-refractivity contribution is 7.15. The molecule has 5 nitrogen and oxygen atoms in total. The van der Waals surface area contributed by atoms with Gasteiger partial charge in [0.25, 0.3) is 0 Å². The number of carbonyl (C=O) groups excluding carboxylic acids is 1. The average molecular weight is 421 g/mol. The number of anilines is 1. The van der Waals surface area contributed by atoms with Gasteiger partial charge in [-0.15, -0.1) is 21.5 Å². The number of rotatable bonds is 9. The number of thiazole rings is 1.